The fraction of sp³-hybridized carbons (Fsp3) is 0.286. The molecule has 6 heteroatoms. The lowest BCUT2D eigenvalue weighted by atomic mass is 10.2. The summed E-state index contributed by atoms with van der Waals surface area (Å²) in [6.07, 6.45) is 1.38. The quantitative estimate of drug-likeness (QED) is 0.914. The van der Waals surface area contributed by atoms with Gasteiger partial charge in [0.1, 0.15) is 12.2 Å². The lowest BCUT2D eigenvalue weighted by Gasteiger charge is -2.24. The van der Waals surface area contributed by atoms with E-state index in [0.29, 0.717) is 11.0 Å². The lowest BCUT2D eigenvalue weighted by Crippen LogP contribution is -2.41. The van der Waals surface area contributed by atoms with Crippen LogP contribution in [0, 0.1) is 0 Å². The third-order valence-electron chi connectivity index (χ3n) is 2.86. The van der Waals surface area contributed by atoms with Gasteiger partial charge in [-0.1, -0.05) is 12.1 Å². The van der Waals surface area contributed by atoms with Gasteiger partial charge in [-0.3, -0.25) is 14.6 Å². The normalized spacial score (nSPS) is 10.8. The van der Waals surface area contributed by atoms with Crippen LogP contribution in [-0.2, 0) is 4.79 Å². The number of aromatic nitrogens is 2. The summed E-state index contributed by atoms with van der Waals surface area (Å²) in [7, 11) is 0. The van der Waals surface area contributed by atoms with Gasteiger partial charge in [0.15, 0.2) is 0 Å². The predicted octanol–water partition coefficient (Wildman–Crippen LogP) is 1.56. The number of carbonyl (C=O) groups is 2. The second-order valence-corrected chi connectivity index (χ2v) is 4.66. The first kappa shape index (κ1) is 13.9. The third kappa shape index (κ3) is 2.90. The monoisotopic (exact) mass is 273 g/mol. The number of benzene rings is 1. The van der Waals surface area contributed by atoms with E-state index in [2.05, 4.69) is 9.97 Å². The number of carboxylic acids is 1. The van der Waals surface area contributed by atoms with E-state index in [0.717, 1.165) is 0 Å². The molecule has 0 fully saturated rings. The van der Waals surface area contributed by atoms with Crippen LogP contribution in [0.25, 0.3) is 11.0 Å². The molecular formula is C14H15N3O3. The van der Waals surface area contributed by atoms with Crippen LogP contribution in [-0.4, -0.2) is 44.4 Å². The third-order valence-corrected chi connectivity index (χ3v) is 2.86. The molecule has 0 saturated heterocycles. The molecule has 1 amide bonds. The number of nitrogens with zero attached hydrogens (tertiary/aromatic N) is 3. The van der Waals surface area contributed by atoms with Crippen molar-refractivity contribution < 1.29 is 14.7 Å². The number of amides is 1. The van der Waals surface area contributed by atoms with Crippen molar-refractivity contribution in [3.05, 3.63) is 36.2 Å². The molecule has 1 aromatic heterocycles. The van der Waals surface area contributed by atoms with Crippen LogP contribution in [0.2, 0.25) is 0 Å². The summed E-state index contributed by atoms with van der Waals surface area (Å²) in [5, 5.41) is 8.87. The molecule has 104 valence electrons. The number of fused-ring (bicyclic) bond motifs is 1. The van der Waals surface area contributed by atoms with Gasteiger partial charge in [0.05, 0.1) is 17.2 Å². The van der Waals surface area contributed by atoms with E-state index in [1.165, 1.54) is 11.1 Å². The molecule has 0 bridgehead atoms. The number of hydrogen-bond acceptors (Lipinski definition) is 4. The molecule has 0 saturated carbocycles. The van der Waals surface area contributed by atoms with Crippen molar-refractivity contribution in [2.45, 2.75) is 19.9 Å². The minimum absolute atomic E-state index is 0.152. The van der Waals surface area contributed by atoms with Crippen molar-refractivity contribution >= 4 is 22.9 Å². The molecule has 0 aliphatic heterocycles. The molecule has 0 aliphatic carbocycles. The second-order valence-electron chi connectivity index (χ2n) is 4.66. The topological polar surface area (TPSA) is 83.4 Å². The van der Waals surface area contributed by atoms with Crippen LogP contribution in [0.4, 0.5) is 0 Å². The Morgan fingerprint density at radius 2 is 1.90 bits per heavy atom. The number of rotatable bonds is 4. The van der Waals surface area contributed by atoms with Gasteiger partial charge >= 0.3 is 5.97 Å². The van der Waals surface area contributed by atoms with Crippen LogP contribution in [0.5, 0.6) is 0 Å². The Labute approximate surface area is 116 Å². The summed E-state index contributed by atoms with van der Waals surface area (Å²) in [6.45, 7) is 3.16. The highest BCUT2D eigenvalue weighted by Crippen LogP contribution is 2.11. The number of hydrogen-bond donors (Lipinski definition) is 1. The predicted molar refractivity (Wildman–Crippen MR) is 73.3 cm³/mol. The molecule has 2 aromatic rings. The zero-order valence-electron chi connectivity index (χ0n) is 11.3. The average Bonchev–Trinajstić information content (AvgIpc) is 2.43. The zero-order valence-corrected chi connectivity index (χ0v) is 11.3. The Morgan fingerprint density at radius 1 is 1.25 bits per heavy atom. The first-order chi connectivity index (χ1) is 9.49. The Bertz CT molecular complexity index is 655. The minimum atomic E-state index is -1.05. The van der Waals surface area contributed by atoms with Gasteiger partial charge in [-0.2, -0.15) is 0 Å². The Kier molecular flexibility index (Phi) is 3.93. The second kappa shape index (κ2) is 5.64. The van der Waals surface area contributed by atoms with E-state index in [9.17, 15) is 9.59 Å². The summed E-state index contributed by atoms with van der Waals surface area (Å²) in [4.78, 5) is 32.8. The highest BCUT2D eigenvalue weighted by atomic mass is 16.4. The number of carboxylic acid groups (broad SMARTS) is 1. The molecule has 6 nitrogen and oxygen atoms in total. The maximum Gasteiger partial charge on any atom is 0.323 e. The van der Waals surface area contributed by atoms with Crippen LogP contribution < -0.4 is 0 Å². The van der Waals surface area contributed by atoms with Gasteiger partial charge in [-0.15, -0.1) is 0 Å². The molecular weight excluding hydrogens is 258 g/mol. The molecule has 0 aliphatic rings. The summed E-state index contributed by atoms with van der Waals surface area (Å²) < 4.78 is 0. The summed E-state index contributed by atoms with van der Waals surface area (Å²) in [5.41, 5.74) is 1.45. The van der Waals surface area contributed by atoms with Gasteiger partial charge in [-0.05, 0) is 26.0 Å². The lowest BCUT2D eigenvalue weighted by molar-refractivity contribution is -0.138. The van der Waals surface area contributed by atoms with Crippen LogP contribution in [0.15, 0.2) is 30.5 Å². The molecule has 20 heavy (non-hydrogen) atoms. The molecule has 0 atom stereocenters. The average molecular weight is 273 g/mol. The van der Waals surface area contributed by atoms with Crippen molar-refractivity contribution in [2.24, 2.45) is 0 Å². The van der Waals surface area contributed by atoms with E-state index in [1.54, 1.807) is 26.0 Å². The van der Waals surface area contributed by atoms with E-state index in [4.69, 9.17) is 5.11 Å². The molecule has 1 N–H and O–H groups in total. The van der Waals surface area contributed by atoms with Crippen LogP contribution in [0.1, 0.15) is 24.3 Å². The van der Waals surface area contributed by atoms with E-state index >= 15 is 0 Å². The van der Waals surface area contributed by atoms with Gasteiger partial charge < -0.3 is 10.0 Å². The van der Waals surface area contributed by atoms with E-state index < -0.39 is 11.9 Å². The maximum absolute atomic E-state index is 12.3. The number of aliphatic carboxylic acids is 1. The Morgan fingerprint density at radius 3 is 2.50 bits per heavy atom. The maximum atomic E-state index is 12.3. The Hall–Kier alpha value is -2.50. The molecule has 0 radical (unpaired) electrons. The van der Waals surface area contributed by atoms with Crippen molar-refractivity contribution in [3.63, 3.8) is 0 Å². The van der Waals surface area contributed by atoms with Crippen molar-refractivity contribution in [1.82, 2.24) is 14.9 Å². The first-order valence-electron chi connectivity index (χ1n) is 6.23. The molecule has 0 unspecified atom stereocenters. The van der Waals surface area contributed by atoms with Gasteiger partial charge in [0.25, 0.3) is 5.91 Å². The summed E-state index contributed by atoms with van der Waals surface area (Å²) in [6, 6.07) is 6.97. The first-order valence-corrected chi connectivity index (χ1v) is 6.23. The summed E-state index contributed by atoms with van der Waals surface area (Å²) >= 11 is 0. The molecule has 1 heterocycles. The standard InChI is InChI=1S/C14H15N3O3/c1-9(2)17(8-13(18)19)14(20)12-7-15-10-5-3-4-6-11(10)16-12/h3-7,9H,8H2,1-2H3,(H,18,19). The van der Waals surface area contributed by atoms with E-state index in [-0.39, 0.29) is 18.3 Å². The van der Waals surface area contributed by atoms with Crippen LogP contribution >= 0.6 is 0 Å². The fourth-order valence-electron chi connectivity index (χ4n) is 1.84. The highest BCUT2D eigenvalue weighted by Gasteiger charge is 2.22. The van der Waals surface area contributed by atoms with Gasteiger partial charge in [-0.25, -0.2) is 4.98 Å². The fourth-order valence-corrected chi connectivity index (χ4v) is 1.84. The largest absolute Gasteiger partial charge is 0.480 e. The number of carbonyl (C=O) groups excluding carboxylic acids is 1. The van der Waals surface area contributed by atoms with Crippen molar-refractivity contribution in [1.29, 1.82) is 0 Å². The summed E-state index contributed by atoms with van der Waals surface area (Å²) in [5.74, 6) is -1.48. The van der Waals surface area contributed by atoms with Gasteiger partial charge in [0, 0.05) is 6.04 Å². The number of para-hydroxylation sites is 2. The smallest absolute Gasteiger partial charge is 0.323 e. The van der Waals surface area contributed by atoms with Crippen molar-refractivity contribution in [2.75, 3.05) is 6.54 Å². The van der Waals surface area contributed by atoms with Crippen molar-refractivity contribution in [3.8, 4) is 0 Å². The SMILES string of the molecule is CC(C)N(CC(=O)O)C(=O)c1cnc2ccccc2n1. The molecule has 0 spiro atoms. The zero-order chi connectivity index (χ0) is 14.7. The highest BCUT2D eigenvalue weighted by molar-refractivity contribution is 5.95. The molecule has 1 aromatic carbocycles. The minimum Gasteiger partial charge on any atom is -0.480 e. The van der Waals surface area contributed by atoms with Crippen LogP contribution in [0.3, 0.4) is 0 Å². The molecule has 2 rings (SSSR count). The Balaban J connectivity index is 2.35. The van der Waals surface area contributed by atoms with E-state index in [1.807, 2.05) is 12.1 Å². The van der Waals surface area contributed by atoms with Gasteiger partial charge in [0.2, 0.25) is 0 Å².